The van der Waals surface area contributed by atoms with Crippen LogP contribution in [0.4, 0.5) is 0 Å². The number of fused-ring (bicyclic) bond motifs is 1. The van der Waals surface area contributed by atoms with E-state index in [1.54, 1.807) is 7.11 Å². The topological polar surface area (TPSA) is 41.6 Å². The Morgan fingerprint density at radius 3 is 2.47 bits per heavy atom. The normalized spacial score (nSPS) is 16.3. The molecule has 4 heteroatoms. The summed E-state index contributed by atoms with van der Waals surface area (Å²) in [5.74, 6) is 0.794. The number of amides is 1. The number of hydrogen-bond donors (Lipinski definition) is 1. The molecule has 1 atom stereocenters. The number of piperidine rings is 1. The van der Waals surface area contributed by atoms with Crippen LogP contribution in [0.1, 0.15) is 36.8 Å². The lowest BCUT2D eigenvalue weighted by molar-refractivity contribution is -0.123. The fraction of sp³-hybridized carbons (Fsp3) is 0.346. The molecule has 0 radical (unpaired) electrons. The average molecular weight is 403 g/mol. The van der Waals surface area contributed by atoms with Crippen LogP contribution < -0.4 is 10.1 Å². The van der Waals surface area contributed by atoms with Crippen LogP contribution in [0.5, 0.6) is 5.75 Å². The highest BCUT2D eigenvalue weighted by molar-refractivity contribution is 5.88. The van der Waals surface area contributed by atoms with Gasteiger partial charge in [0.15, 0.2) is 0 Å². The van der Waals surface area contributed by atoms with Crippen LogP contribution in [-0.4, -0.2) is 37.0 Å². The van der Waals surface area contributed by atoms with E-state index in [2.05, 4.69) is 58.7 Å². The fourth-order valence-corrected chi connectivity index (χ4v) is 4.19. The Kier molecular flexibility index (Phi) is 6.34. The third kappa shape index (κ3) is 4.82. The Morgan fingerprint density at radius 2 is 1.73 bits per heavy atom. The highest BCUT2D eigenvalue weighted by Crippen LogP contribution is 2.25. The quantitative estimate of drug-likeness (QED) is 0.648. The molecule has 156 valence electrons. The number of carbonyl (C=O) groups is 1. The predicted molar refractivity (Wildman–Crippen MR) is 122 cm³/mol. The van der Waals surface area contributed by atoms with Gasteiger partial charge in [-0.1, -0.05) is 54.6 Å². The van der Waals surface area contributed by atoms with Crippen molar-refractivity contribution in [2.24, 2.45) is 0 Å². The molecule has 0 bridgehead atoms. The number of nitrogens with one attached hydrogen (secondary N) is 1. The Labute approximate surface area is 178 Å². The molecule has 1 heterocycles. The number of carbonyl (C=O) groups excluding carboxylic acids is 1. The van der Waals surface area contributed by atoms with Gasteiger partial charge < -0.3 is 10.1 Å². The van der Waals surface area contributed by atoms with Gasteiger partial charge in [0.1, 0.15) is 5.75 Å². The van der Waals surface area contributed by atoms with Crippen LogP contribution in [-0.2, 0) is 11.3 Å². The van der Waals surface area contributed by atoms with Crippen LogP contribution in [0.3, 0.4) is 0 Å². The van der Waals surface area contributed by atoms with Crippen molar-refractivity contribution in [3.05, 3.63) is 77.9 Å². The minimum Gasteiger partial charge on any atom is -0.497 e. The van der Waals surface area contributed by atoms with Gasteiger partial charge >= 0.3 is 0 Å². The Bertz CT molecular complexity index is 994. The van der Waals surface area contributed by atoms with Crippen molar-refractivity contribution in [1.29, 1.82) is 0 Å². The van der Waals surface area contributed by atoms with Gasteiger partial charge in [0.25, 0.3) is 0 Å². The second-order valence-corrected chi connectivity index (χ2v) is 8.24. The lowest BCUT2D eigenvalue weighted by atomic mass is 9.96. The van der Waals surface area contributed by atoms with E-state index in [9.17, 15) is 4.79 Å². The Morgan fingerprint density at radius 1 is 1.03 bits per heavy atom. The van der Waals surface area contributed by atoms with E-state index in [4.69, 9.17) is 4.74 Å². The zero-order chi connectivity index (χ0) is 20.9. The van der Waals surface area contributed by atoms with Crippen molar-refractivity contribution in [3.63, 3.8) is 0 Å². The molecule has 1 amide bonds. The first kappa shape index (κ1) is 20.4. The summed E-state index contributed by atoms with van der Waals surface area (Å²) in [7, 11) is 1.67. The second kappa shape index (κ2) is 9.31. The van der Waals surface area contributed by atoms with Gasteiger partial charge in [-0.2, -0.15) is 0 Å². The lowest BCUT2D eigenvalue weighted by Crippen LogP contribution is -2.45. The minimum absolute atomic E-state index is 0.115. The lowest BCUT2D eigenvalue weighted by Gasteiger charge is -2.33. The summed E-state index contributed by atoms with van der Waals surface area (Å²) in [4.78, 5) is 15.3. The average Bonchev–Trinajstić information content (AvgIpc) is 2.79. The highest BCUT2D eigenvalue weighted by Gasteiger charge is 2.23. The van der Waals surface area contributed by atoms with Crippen LogP contribution in [0, 0.1) is 0 Å². The van der Waals surface area contributed by atoms with Crippen molar-refractivity contribution in [3.8, 4) is 5.75 Å². The number of ether oxygens (including phenoxy) is 1. The van der Waals surface area contributed by atoms with Gasteiger partial charge in [-0.05, 0) is 53.8 Å². The van der Waals surface area contributed by atoms with Crippen LogP contribution in [0.25, 0.3) is 10.8 Å². The van der Waals surface area contributed by atoms with E-state index < -0.39 is 0 Å². The van der Waals surface area contributed by atoms with Gasteiger partial charge in [-0.25, -0.2) is 0 Å². The monoisotopic (exact) mass is 402 g/mol. The smallest absolute Gasteiger partial charge is 0.227 e. The largest absolute Gasteiger partial charge is 0.497 e. The molecule has 0 unspecified atom stereocenters. The Hall–Kier alpha value is -2.85. The molecule has 0 aromatic heterocycles. The van der Waals surface area contributed by atoms with E-state index in [0.717, 1.165) is 54.6 Å². The third-order valence-corrected chi connectivity index (χ3v) is 6.15. The van der Waals surface area contributed by atoms with Crippen molar-refractivity contribution in [2.45, 2.75) is 38.3 Å². The molecule has 0 spiro atoms. The summed E-state index contributed by atoms with van der Waals surface area (Å²) >= 11 is 0. The van der Waals surface area contributed by atoms with Gasteiger partial charge in [0.2, 0.25) is 5.91 Å². The SMILES string of the molecule is COc1ccc2cc([C@H](C)C(=O)NC3CCN(Cc4ccccc4)CC3)ccc2c1. The summed E-state index contributed by atoms with van der Waals surface area (Å²) in [5, 5.41) is 5.53. The number of hydrogen-bond acceptors (Lipinski definition) is 3. The number of nitrogens with zero attached hydrogens (tertiary/aromatic N) is 1. The zero-order valence-corrected chi connectivity index (χ0v) is 17.8. The standard InChI is InChI=1S/C26H30N2O2/c1-19(21-8-9-23-17-25(30-2)11-10-22(23)16-21)26(29)27-24-12-14-28(15-13-24)18-20-6-4-3-5-7-20/h3-11,16-17,19,24H,12-15,18H2,1-2H3,(H,27,29)/t19-/m0/s1. The molecule has 0 saturated carbocycles. The van der Waals surface area contributed by atoms with Crippen LogP contribution in [0.2, 0.25) is 0 Å². The zero-order valence-electron chi connectivity index (χ0n) is 17.8. The maximum absolute atomic E-state index is 12.9. The first-order valence-corrected chi connectivity index (χ1v) is 10.8. The molecule has 0 aliphatic carbocycles. The van der Waals surface area contributed by atoms with E-state index in [1.807, 2.05) is 25.1 Å². The maximum atomic E-state index is 12.9. The summed E-state index contributed by atoms with van der Waals surface area (Å²) in [6.45, 7) is 5.02. The third-order valence-electron chi connectivity index (χ3n) is 6.15. The summed E-state index contributed by atoms with van der Waals surface area (Å²) in [6, 6.07) is 23.1. The number of rotatable bonds is 6. The molecular weight excluding hydrogens is 372 g/mol. The second-order valence-electron chi connectivity index (χ2n) is 8.24. The van der Waals surface area contributed by atoms with Crippen molar-refractivity contribution in [2.75, 3.05) is 20.2 Å². The van der Waals surface area contributed by atoms with Crippen molar-refractivity contribution >= 4 is 16.7 Å². The molecule has 3 aromatic rings. The molecule has 30 heavy (non-hydrogen) atoms. The van der Waals surface area contributed by atoms with Crippen LogP contribution >= 0.6 is 0 Å². The molecule has 4 nitrogen and oxygen atoms in total. The first-order valence-electron chi connectivity index (χ1n) is 10.8. The van der Waals surface area contributed by atoms with Crippen molar-refractivity contribution < 1.29 is 9.53 Å². The van der Waals surface area contributed by atoms with E-state index in [1.165, 1.54) is 5.56 Å². The minimum atomic E-state index is -0.168. The van der Waals surface area contributed by atoms with E-state index in [-0.39, 0.29) is 17.9 Å². The summed E-state index contributed by atoms with van der Waals surface area (Å²) in [5.41, 5.74) is 2.40. The number of benzene rings is 3. The predicted octanol–water partition coefficient (Wildman–Crippen LogP) is 4.73. The fourth-order valence-electron chi connectivity index (χ4n) is 4.19. The molecule has 1 N–H and O–H groups in total. The van der Waals surface area contributed by atoms with E-state index in [0.29, 0.717) is 0 Å². The first-order chi connectivity index (χ1) is 14.6. The van der Waals surface area contributed by atoms with Gasteiger partial charge in [0.05, 0.1) is 13.0 Å². The summed E-state index contributed by atoms with van der Waals surface area (Å²) < 4.78 is 5.30. The maximum Gasteiger partial charge on any atom is 0.227 e. The molecule has 4 rings (SSSR count). The van der Waals surface area contributed by atoms with Crippen molar-refractivity contribution in [1.82, 2.24) is 10.2 Å². The Balaban J connectivity index is 1.32. The summed E-state index contributed by atoms with van der Waals surface area (Å²) in [6.07, 6.45) is 2.01. The van der Waals surface area contributed by atoms with Gasteiger partial charge in [-0.3, -0.25) is 9.69 Å². The number of likely N-dealkylation sites (tertiary alicyclic amines) is 1. The molecular formula is C26H30N2O2. The van der Waals surface area contributed by atoms with Crippen LogP contribution in [0.15, 0.2) is 66.7 Å². The number of methoxy groups -OCH3 is 1. The van der Waals surface area contributed by atoms with Gasteiger partial charge in [0, 0.05) is 25.7 Å². The molecule has 1 aliphatic heterocycles. The van der Waals surface area contributed by atoms with E-state index >= 15 is 0 Å². The molecule has 1 aliphatic rings. The van der Waals surface area contributed by atoms with Gasteiger partial charge in [-0.15, -0.1) is 0 Å². The molecule has 3 aromatic carbocycles. The molecule has 1 fully saturated rings. The molecule has 1 saturated heterocycles. The highest BCUT2D eigenvalue weighted by atomic mass is 16.5.